The van der Waals surface area contributed by atoms with E-state index >= 15 is 0 Å². The minimum atomic E-state index is -0.291. The summed E-state index contributed by atoms with van der Waals surface area (Å²) in [4.78, 5) is 16.2. The van der Waals surface area contributed by atoms with E-state index in [4.69, 9.17) is 4.74 Å². The first-order valence-electron chi connectivity index (χ1n) is 7.97. The van der Waals surface area contributed by atoms with Gasteiger partial charge in [0.15, 0.2) is 0 Å². The van der Waals surface area contributed by atoms with Crippen molar-refractivity contribution in [2.24, 2.45) is 0 Å². The Hall–Kier alpha value is -0.910. The first kappa shape index (κ1) is 15.0. The lowest BCUT2D eigenvalue weighted by molar-refractivity contribution is -0.133. The summed E-state index contributed by atoms with van der Waals surface area (Å²) >= 11 is 1.72. The van der Waals surface area contributed by atoms with Gasteiger partial charge in [-0.25, -0.2) is 0 Å². The summed E-state index contributed by atoms with van der Waals surface area (Å²) in [5, 5.41) is 5.74. The standard InChI is InChI=1S/C16H24N2O2S/c1-2-20-11-6-10-18-14(13-7-5-12-21-13)17-16(15(18)19)8-3-4-9-16/h5,7,12,14,17H,2-4,6,8-11H2,1H3. The lowest BCUT2D eigenvalue weighted by Gasteiger charge is -2.23. The van der Waals surface area contributed by atoms with Gasteiger partial charge in [-0.1, -0.05) is 18.9 Å². The second-order valence-corrected chi connectivity index (χ2v) is 6.88. The van der Waals surface area contributed by atoms with Crippen molar-refractivity contribution >= 4 is 17.2 Å². The van der Waals surface area contributed by atoms with Crippen LogP contribution in [-0.4, -0.2) is 36.1 Å². The number of nitrogens with zero attached hydrogens (tertiary/aromatic N) is 1. The summed E-state index contributed by atoms with van der Waals surface area (Å²) in [5.74, 6) is 0.301. The van der Waals surface area contributed by atoms with Crippen molar-refractivity contribution in [3.8, 4) is 0 Å². The van der Waals surface area contributed by atoms with Gasteiger partial charge in [0, 0.05) is 24.6 Å². The number of rotatable bonds is 6. The number of ether oxygens (including phenoxy) is 1. The quantitative estimate of drug-likeness (QED) is 0.822. The summed E-state index contributed by atoms with van der Waals surface area (Å²) in [6.45, 7) is 4.25. The van der Waals surface area contributed by atoms with Crippen molar-refractivity contribution in [3.63, 3.8) is 0 Å². The van der Waals surface area contributed by atoms with E-state index < -0.39 is 0 Å². The predicted octanol–water partition coefficient (Wildman–Crippen LogP) is 2.92. The molecule has 2 heterocycles. The van der Waals surface area contributed by atoms with Gasteiger partial charge in [0.25, 0.3) is 0 Å². The van der Waals surface area contributed by atoms with Gasteiger partial charge in [-0.05, 0) is 37.6 Å². The number of carbonyl (C=O) groups excluding carboxylic acids is 1. The molecule has 1 aliphatic carbocycles. The third-order valence-corrected chi connectivity index (χ3v) is 5.48. The van der Waals surface area contributed by atoms with Gasteiger partial charge < -0.3 is 9.64 Å². The van der Waals surface area contributed by atoms with Crippen molar-refractivity contribution < 1.29 is 9.53 Å². The van der Waals surface area contributed by atoms with Crippen LogP contribution in [0.5, 0.6) is 0 Å². The van der Waals surface area contributed by atoms with E-state index in [1.165, 1.54) is 4.88 Å². The zero-order chi connectivity index (χ0) is 14.7. The van der Waals surface area contributed by atoms with E-state index in [2.05, 4.69) is 22.8 Å². The van der Waals surface area contributed by atoms with Crippen LogP contribution in [0.2, 0.25) is 0 Å². The van der Waals surface area contributed by atoms with Crippen molar-refractivity contribution in [3.05, 3.63) is 22.4 Å². The van der Waals surface area contributed by atoms with Gasteiger partial charge in [0.1, 0.15) is 6.17 Å². The fourth-order valence-electron chi connectivity index (χ4n) is 3.51. The molecule has 1 N–H and O–H groups in total. The average molecular weight is 308 g/mol. The van der Waals surface area contributed by atoms with E-state index in [1.54, 1.807) is 11.3 Å². The van der Waals surface area contributed by atoms with E-state index in [-0.39, 0.29) is 11.7 Å². The highest BCUT2D eigenvalue weighted by atomic mass is 32.1. The molecule has 0 radical (unpaired) electrons. The second-order valence-electron chi connectivity index (χ2n) is 5.90. The van der Waals surface area contributed by atoms with E-state index in [1.807, 2.05) is 11.8 Å². The normalized spacial score (nSPS) is 24.3. The van der Waals surface area contributed by atoms with Gasteiger partial charge >= 0.3 is 0 Å². The van der Waals surface area contributed by atoms with E-state index in [9.17, 15) is 4.79 Å². The molecule has 5 heteroatoms. The van der Waals surface area contributed by atoms with Crippen molar-refractivity contribution in [2.75, 3.05) is 19.8 Å². The Kier molecular flexibility index (Phi) is 4.62. The Labute approximate surface area is 130 Å². The van der Waals surface area contributed by atoms with Crippen molar-refractivity contribution in [1.29, 1.82) is 0 Å². The molecule has 116 valence electrons. The average Bonchev–Trinajstić information content (AvgIpc) is 3.21. The Morgan fingerprint density at radius 3 is 2.95 bits per heavy atom. The molecule has 1 saturated carbocycles. The zero-order valence-electron chi connectivity index (χ0n) is 12.6. The maximum absolute atomic E-state index is 12.9. The van der Waals surface area contributed by atoms with Crippen LogP contribution >= 0.6 is 11.3 Å². The maximum Gasteiger partial charge on any atom is 0.244 e. The van der Waals surface area contributed by atoms with Crippen LogP contribution in [0.3, 0.4) is 0 Å². The molecule has 1 saturated heterocycles. The number of thiophene rings is 1. The highest BCUT2D eigenvalue weighted by Crippen LogP contribution is 2.41. The summed E-state index contributed by atoms with van der Waals surface area (Å²) < 4.78 is 5.42. The Bertz CT molecular complexity index is 469. The van der Waals surface area contributed by atoms with Crippen LogP contribution in [0.15, 0.2) is 17.5 Å². The molecular formula is C16H24N2O2S. The lowest BCUT2D eigenvalue weighted by atomic mass is 9.98. The number of hydrogen-bond acceptors (Lipinski definition) is 4. The van der Waals surface area contributed by atoms with Crippen molar-refractivity contribution in [1.82, 2.24) is 10.2 Å². The number of hydrogen-bond donors (Lipinski definition) is 1. The SMILES string of the molecule is CCOCCCN1C(=O)C2(CCCC2)NC1c1cccs1. The second kappa shape index (κ2) is 6.46. The molecule has 1 unspecified atom stereocenters. The van der Waals surface area contributed by atoms with Gasteiger partial charge in [-0.3, -0.25) is 10.1 Å². The molecule has 21 heavy (non-hydrogen) atoms. The molecule has 0 aromatic carbocycles. The van der Waals surface area contributed by atoms with Gasteiger partial charge in [0.2, 0.25) is 5.91 Å². The summed E-state index contributed by atoms with van der Waals surface area (Å²) in [6.07, 6.45) is 5.23. The fourth-order valence-corrected chi connectivity index (χ4v) is 4.30. The van der Waals surface area contributed by atoms with Crippen LogP contribution < -0.4 is 5.32 Å². The van der Waals surface area contributed by atoms with Gasteiger partial charge in [-0.2, -0.15) is 0 Å². The monoisotopic (exact) mass is 308 g/mol. The molecule has 1 atom stereocenters. The fraction of sp³-hybridized carbons (Fsp3) is 0.688. The molecule has 1 aliphatic heterocycles. The smallest absolute Gasteiger partial charge is 0.244 e. The molecule has 2 fully saturated rings. The van der Waals surface area contributed by atoms with E-state index in [0.717, 1.165) is 51.9 Å². The molecule has 2 aliphatic rings. The van der Waals surface area contributed by atoms with Crippen molar-refractivity contribution in [2.45, 2.75) is 50.7 Å². The van der Waals surface area contributed by atoms with Crippen LogP contribution in [0.25, 0.3) is 0 Å². The zero-order valence-corrected chi connectivity index (χ0v) is 13.5. The minimum Gasteiger partial charge on any atom is -0.382 e. The maximum atomic E-state index is 12.9. The third-order valence-electron chi connectivity index (χ3n) is 4.56. The van der Waals surface area contributed by atoms with Gasteiger partial charge in [0.05, 0.1) is 5.54 Å². The highest BCUT2D eigenvalue weighted by Gasteiger charge is 2.52. The Morgan fingerprint density at radius 1 is 1.48 bits per heavy atom. The Morgan fingerprint density at radius 2 is 2.29 bits per heavy atom. The number of nitrogens with one attached hydrogen (secondary N) is 1. The molecule has 4 nitrogen and oxygen atoms in total. The first-order valence-corrected chi connectivity index (χ1v) is 8.85. The van der Waals surface area contributed by atoms with E-state index in [0.29, 0.717) is 5.91 Å². The number of carbonyl (C=O) groups is 1. The van der Waals surface area contributed by atoms with Crippen LogP contribution in [0, 0.1) is 0 Å². The molecule has 1 spiro atoms. The topological polar surface area (TPSA) is 41.6 Å². The summed E-state index contributed by atoms with van der Waals surface area (Å²) in [6, 6.07) is 4.18. The predicted molar refractivity (Wildman–Crippen MR) is 84.2 cm³/mol. The molecule has 3 rings (SSSR count). The molecule has 0 bridgehead atoms. The van der Waals surface area contributed by atoms with Gasteiger partial charge in [-0.15, -0.1) is 11.3 Å². The minimum absolute atomic E-state index is 0.0530. The molecule has 1 aromatic rings. The lowest BCUT2D eigenvalue weighted by Crippen LogP contribution is -2.44. The molecular weight excluding hydrogens is 284 g/mol. The third kappa shape index (κ3) is 2.87. The first-order chi connectivity index (χ1) is 10.3. The van der Waals surface area contributed by atoms with Crippen LogP contribution in [-0.2, 0) is 9.53 Å². The van der Waals surface area contributed by atoms with Crippen LogP contribution in [0.1, 0.15) is 50.1 Å². The molecule has 1 amide bonds. The Balaban J connectivity index is 1.74. The number of amides is 1. The highest BCUT2D eigenvalue weighted by molar-refractivity contribution is 7.10. The largest absolute Gasteiger partial charge is 0.382 e. The summed E-state index contributed by atoms with van der Waals surface area (Å²) in [7, 11) is 0. The van der Waals surface area contributed by atoms with Crippen LogP contribution in [0.4, 0.5) is 0 Å². The summed E-state index contributed by atoms with van der Waals surface area (Å²) in [5.41, 5.74) is -0.291. The molecule has 1 aromatic heterocycles.